The fraction of sp³-hybridized carbons (Fsp3) is 0.600. The average molecular weight is 498 g/mol. The molecule has 0 radical (unpaired) electrons. The minimum absolute atomic E-state index is 0.249. The molecule has 0 amide bonds. The number of hydrogen-bond acceptors (Lipinski definition) is 2. The van der Waals surface area contributed by atoms with Gasteiger partial charge in [0, 0.05) is 12.3 Å². The fourth-order valence-corrected chi connectivity index (χ4v) is 7.02. The maximum Gasteiger partial charge on any atom is 0.136 e. The van der Waals surface area contributed by atoms with Crippen LogP contribution in [0.25, 0.3) is 11.1 Å². The van der Waals surface area contributed by atoms with E-state index in [4.69, 9.17) is 0 Å². The number of hydrogen-bond donors (Lipinski definition) is 0. The second kappa shape index (κ2) is 13.4. The first-order valence-electron chi connectivity index (χ1n) is 15.2. The Morgan fingerprint density at radius 1 is 0.811 bits per heavy atom. The minimum atomic E-state index is -0.291. The molecule has 198 valence electrons. The van der Waals surface area contributed by atoms with Crippen LogP contribution in [0.2, 0.25) is 0 Å². The van der Waals surface area contributed by atoms with Crippen molar-refractivity contribution in [1.29, 1.82) is 5.26 Å². The third-order valence-corrected chi connectivity index (χ3v) is 9.52. The van der Waals surface area contributed by atoms with E-state index >= 15 is 0 Å². The molecular formula is C35H47NO. The van der Waals surface area contributed by atoms with Gasteiger partial charge in [0.25, 0.3) is 0 Å². The standard InChI is InChI=1S/C35H47NO/c1-3-5-6-7-8-10-27-11-13-28(14-12-27)29-15-17-30(18-16-29)31-21-23-35(26-36,24-22-31)33-20-19-32(9-4-2)34(37)25-33/h11-18,31-33H,3-10,19-25H2,1-2H3/t31?,32-,33-,35?/m1/s1. The molecule has 2 aliphatic rings. The molecule has 0 unspecified atom stereocenters. The molecule has 2 atom stereocenters. The smallest absolute Gasteiger partial charge is 0.136 e. The Kier molecular flexibility index (Phi) is 10.0. The molecule has 2 saturated carbocycles. The number of benzene rings is 2. The van der Waals surface area contributed by atoms with Gasteiger partial charge in [0.05, 0.1) is 11.5 Å². The van der Waals surface area contributed by atoms with Crippen LogP contribution in [-0.2, 0) is 11.2 Å². The van der Waals surface area contributed by atoms with Crippen LogP contribution in [0, 0.1) is 28.6 Å². The van der Waals surface area contributed by atoms with Crippen molar-refractivity contribution in [2.24, 2.45) is 17.3 Å². The molecule has 2 aromatic rings. The fourth-order valence-electron chi connectivity index (χ4n) is 7.02. The van der Waals surface area contributed by atoms with Crippen LogP contribution in [0.3, 0.4) is 0 Å². The highest BCUT2D eigenvalue weighted by atomic mass is 16.1. The number of rotatable bonds is 11. The quantitative estimate of drug-likeness (QED) is 0.290. The van der Waals surface area contributed by atoms with Crippen molar-refractivity contribution >= 4 is 5.78 Å². The maximum atomic E-state index is 12.7. The van der Waals surface area contributed by atoms with Gasteiger partial charge in [-0.2, -0.15) is 5.26 Å². The maximum absolute atomic E-state index is 12.7. The lowest BCUT2D eigenvalue weighted by Crippen LogP contribution is -2.38. The van der Waals surface area contributed by atoms with Crippen molar-refractivity contribution in [1.82, 2.24) is 0 Å². The Hall–Kier alpha value is -2.40. The number of unbranched alkanes of at least 4 members (excludes halogenated alkanes) is 4. The highest BCUT2D eigenvalue weighted by Crippen LogP contribution is 2.51. The van der Waals surface area contributed by atoms with Crippen molar-refractivity contribution in [2.75, 3.05) is 0 Å². The highest BCUT2D eigenvalue weighted by Gasteiger charge is 2.45. The molecule has 0 aromatic heterocycles. The number of carbonyl (C=O) groups is 1. The summed E-state index contributed by atoms with van der Waals surface area (Å²) in [6.07, 6.45) is 16.6. The van der Waals surface area contributed by atoms with Gasteiger partial charge in [-0.05, 0) is 91.9 Å². The number of carbonyl (C=O) groups excluding carboxylic acids is 1. The molecule has 37 heavy (non-hydrogen) atoms. The zero-order valence-corrected chi connectivity index (χ0v) is 23.3. The van der Waals surface area contributed by atoms with Crippen LogP contribution in [0.1, 0.15) is 121 Å². The van der Waals surface area contributed by atoms with E-state index in [0.29, 0.717) is 18.1 Å². The first kappa shape index (κ1) is 27.6. The van der Waals surface area contributed by atoms with Crippen molar-refractivity contribution in [3.8, 4) is 17.2 Å². The summed E-state index contributed by atoms with van der Waals surface area (Å²) in [7, 11) is 0. The Balaban J connectivity index is 1.30. The van der Waals surface area contributed by atoms with Crippen LogP contribution in [0.15, 0.2) is 48.5 Å². The van der Waals surface area contributed by atoms with Crippen LogP contribution in [0.4, 0.5) is 0 Å². The summed E-state index contributed by atoms with van der Waals surface area (Å²) in [4.78, 5) is 12.7. The van der Waals surface area contributed by atoms with E-state index in [1.807, 2.05) is 0 Å². The molecule has 2 aliphatic carbocycles. The third kappa shape index (κ3) is 6.93. The van der Waals surface area contributed by atoms with Gasteiger partial charge < -0.3 is 0 Å². The topological polar surface area (TPSA) is 40.9 Å². The molecule has 2 nitrogen and oxygen atoms in total. The van der Waals surface area contributed by atoms with Gasteiger partial charge in [-0.15, -0.1) is 0 Å². The van der Waals surface area contributed by atoms with Gasteiger partial charge in [-0.25, -0.2) is 0 Å². The van der Waals surface area contributed by atoms with E-state index in [-0.39, 0.29) is 17.3 Å². The summed E-state index contributed by atoms with van der Waals surface area (Å²) in [5, 5.41) is 10.2. The summed E-state index contributed by atoms with van der Waals surface area (Å²) in [5.41, 5.74) is 5.13. The van der Waals surface area contributed by atoms with Crippen molar-refractivity contribution in [3.05, 3.63) is 59.7 Å². The predicted octanol–water partition coefficient (Wildman–Crippen LogP) is 9.82. The van der Waals surface area contributed by atoms with Gasteiger partial charge in [0.2, 0.25) is 0 Å². The van der Waals surface area contributed by atoms with E-state index < -0.39 is 0 Å². The lowest BCUT2D eigenvalue weighted by molar-refractivity contribution is -0.128. The molecule has 0 bridgehead atoms. The number of aryl methyl sites for hydroxylation is 1. The summed E-state index contributed by atoms with van der Waals surface area (Å²) >= 11 is 0. The molecule has 0 heterocycles. The van der Waals surface area contributed by atoms with E-state index in [2.05, 4.69) is 68.4 Å². The van der Waals surface area contributed by atoms with E-state index in [0.717, 1.165) is 51.4 Å². The molecule has 0 saturated heterocycles. The van der Waals surface area contributed by atoms with Crippen LogP contribution in [-0.4, -0.2) is 5.78 Å². The molecule has 4 rings (SSSR count). The Labute approximate surface area is 225 Å². The van der Waals surface area contributed by atoms with Crippen molar-refractivity contribution in [2.45, 2.75) is 116 Å². The van der Waals surface area contributed by atoms with E-state index in [9.17, 15) is 10.1 Å². The monoisotopic (exact) mass is 497 g/mol. The first-order valence-corrected chi connectivity index (χ1v) is 15.2. The zero-order valence-electron chi connectivity index (χ0n) is 23.3. The van der Waals surface area contributed by atoms with Gasteiger partial charge in [0.15, 0.2) is 0 Å². The van der Waals surface area contributed by atoms with E-state index in [1.165, 1.54) is 60.8 Å². The van der Waals surface area contributed by atoms with Gasteiger partial charge in [0.1, 0.15) is 5.78 Å². The largest absolute Gasteiger partial charge is 0.299 e. The summed E-state index contributed by atoms with van der Waals surface area (Å²) in [6, 6.07) is 21.0. The summed E-state index contributed by atoms with van der Waals surface area (Å²) in [5.74, 6) is 1.46. The predicted molar refractivity (Wildman–Crippen MR) is 154 cm³/mol. The Morgan fingerprint density at radius 2 is 1.46 bits per heavy atom. The van der Waals surface area contributed by atoms with Gasteiger partial charge in [-0.1, -0.05) is 94.5 Å². The normalized spacial score (nSPS) is 26.1. The SMILES string of the molecule is CCCCCCCc1ccc(-c2ccc(C3CCC(C#N)([C@@H]4CC[C@@H](CCC)C(=O)C4)CC3)cc2)cc1. The van der Waals surface area contributed by atoms with Crippen molar-refractivity contribution in [3.63, 3.8) is 0 Å². The number of ketones is 1. The second-order valence-electron chi connectivity index (χ2n) is 12.0. The lowest BCUT2D eigenvalue weighted by Gasteiger charge is -2.43. The molecule has 2 heteroatoms. The Morgan fingerprint density at radius 3 is 2.05 bits per heavy atom. The Bertz CT molecular complexity index is 1020. The summed E-state index contributed by atoms with van der Waals surface area (Å²) in [6.45, 7) is 4.43. The second-order valence-corrected chi connectivity index (χ2v) is 12.0. The van der Waals surface area contributed by atoms with Crippen molar-refractivity contribution < 1.29 is 4.79 Å². The molecule has 0 N–H and O–H groups in total. The first-order chi connectivity index (χ1) is 18.1. The van der Waals surface area contributed by atoms with Crippen LogP contribution in [0.5, 0.6) is 0 Å². The molecule has 2 fully saturated rings. The number of nitriles is 1. The van der Waals surface area contributed by atoms with Gasteiger partial charge >= 0.3 is 0 Å². The van der Waals surface area contributed by atoms with Crippen LogP contribution >= 0.6 is 0 Å². The molecular weight excluding hydrogens is 450 g/mol. The minimum Gasteiger partial charge on any atom is -0.299 e. The molecule has 0 aliphatic heterocycles. The van der Waals surface area contributed by atoms with Crippen LogP contribution < -0.4 is 0 Å². The lowest BCUT2D eigenvalue weighted by atomic mass is 9.59. The average Bonchev–Trinajstić information content (AvgIpc) is 2.95. The number of Topliss-reactive ketones (excluding diaryl/α,β-unsaturated/α-hetero) is 1. The molecule has 0 spiro atoms. The summed E-state index contributed by atoms with van der Waals surface area (Å²) < 4.78 is 0. The number of nitrogens with zero attached hydrogens (tertiary/aromatic N) is 1. The zero-order chi connectivity index (χ0) is 26.1. The third-order valence-electron chi connectivity index (χ3n) is 9.52. The van der Waals surface area contributed by atoms with Gasteiger partial charge in [-0.3, -0.25) is 4.79 Å². The van der Waals surface area contributed by atoms with E-state index in [1.54, 1.807) is 0 Å². The highest BCUT2D eigenvalue weighted by molar-refractivity contribution is 5.82. The molecule has 2 aromatic carbocycles.